The number of carbonyl (C=O) groups is 2. The summed E-state index contributed by atoms with van der Waals surface area (Å²) in [7, 11) is 0. The molecule has 25 heavy (non-hydrogen) atoms. The van der Waals surface area contributed by atoms with Gasteiger partial charge in [-0.1, -0.05) is 11.2 Å². The first-order valence-electron chi connectivity index (χ1n) is 8.43. The Bertz CT molecular complexity index is 728. The molecule has 134 valence electrons. The van der Waals surface area contributed by atoms with E-state index in [1.165, 1.54) is 0 Å². The molecule has 2 unspecified atom stereocenters. The molecule has 0 spiro atoms. The molecule has 1 amide bonds. The van der Waals surface area contributed by atoms with Gasteiger partial charge in [-0.25, -0.2) is 0 Å². The molecule has 8 heteroatoms. The molecule has 1 fully saturated rings. The molecular weight excluding hydrogens is 342 g/mol. The highest BCUT2D eigenvalue weighted by molar-refractivity contribution is 7.13. The Morgan fingerprint density at radius 3 is 3.00 bits per heavy atom. The number of amides is 1. The van der Waals surface area contributed by atoms with E-state index in [2.05, 4.69) is 10.1 Å². The number of nitrogens with zero attached hydrogens (tertiary/aromatic N) is 3. The summed E-state index contributed by atoms with van der Waals surface area (Å²) in [6, 6.07) is 3.95. The molecule has 7 nitrogen and oxygen atoms in total. The van der Waals surface area contributed by atoms with Crippen LogP contribution in [0.25, 0.3) is 10.7 Å². The van der Waals surface area contributed by atoms with Gasteiger partial charge in [0, 0.05) is 25.4 Å². The number of carboxylic acids is 1. The number of aromatic nitrogens is 2. The molecule has 3 rings (SSSR count). The van der Waals surface area contributed by atoms with E-state index in [0.29, 0.717) is 43.9 Å². The van der Waals surface area contributed by atoms with Crippen molar-refractivity contribution >= 4 is 23.2 Å². The molecule has 1 saturated heterocycles. The van der Waals surface area contributed by atoms with Gasteiger partial charge in [0.1, 0.15) is 0 Å². The molecule has 0 aromatic carbocycles. The van der Waals surface area contributed by atoms with Crippen LogP contribution in [0.15, 0.2) is 22.0 Å². The van der Waals surface area contributed by atoms with Gasteiger partial charge in [0.05, 0.1) is 10.8 Å². The Morgan fingerprint density at radius 1 is 1.44 bits per heavy atom. The molecule has 1 aliphatic rings. The molecule has 3 heterocycles. The van der Waals surface area contributed by atoms with Gasteiger partial charge in [-0.2, -0.15) is 4.98 Å². The maximum absolute atomic E-state index is 12.4. The van der Waals surface area contributed by atoms with Crippen LogP contribution in [0.1, 0.15) is 38.5 Å². The number of likely N-dealkylation sites (tertiary alicyclic amines) is 1. The quantitative estimate of drug-likeness (QED) is 0.848. The summed E-state index contributed by atoms with van der Waals surface area (Å²) in [5.41, 5.74) is 0. The minimum absolute atomic E-state index is 0.00329. The number of aryl methyl sites for hydroxylation is 1. The van der Waals surface area contributed by atoms with E-state index in [1.807, 2.05) is 24.4 Å². The molecular formula is C17H21N3O4S. The first-order chi connectivity index (χ1) is 12.0. The summed E-state index contributed by atoms with van der Waals surface area (Å²) in [4.78, 5) is 30.6. The van der Waals surface area contributed by atoms with Gasteiger partial charge in [-0.3, -0.25) is 9.59 Å². The third-order valence-corrected chi connectivity index (χ3v) is 5.41. The third-order valence-electron chi connectivity index (χ3n) is 4.54. The van der Waals surface area contributed by atoms with Crippen LogP contribution in [0, 0.1) is 5.92 Å². The monoisotopic (exact) mass is 363 g/mol. The van der Waals surface area contributed by atoms with Gasteiger partial charge in [-0.05, 0) is 37.6 Å². The molecule has 2 aromatic rings. The Kier molecular flexibility index (Phi) is 5.47. The number of rotatable bonds is 6. The smallest absolute Gasteiger partial charge is 0.308 e. The topological polar surface area (TPSA) is 96.5 Å². The predicted molar refractivity (Wildman–Crippen MR) is 92.1 cm³/mol. The van der Waals surface area contributed by atoms with Crippen LogP contribution in [0.4, 0.5) is 0 Å². The molecule has 0 aliphatic carbocycles. The Balaban J connectivity index is 1.50. The van der Waals surface area contributed by atoms with Crippen LogP contribution in [-0.4, -0.2) is 44.6 Å². The van der Waals surface area contributed by atoms with Crippen molar-refractivity contribution in [3.8, 4) is 10.7 Å². The molecule has 0 bridgehead atoms. The standard InChI is InChI=1S/C17H21N3O4S/c1-11-7-8-12(17(22)23)10-20(11)15(21)6-2-5-14-18-16(19-24-14)13-4-3-9-25-13/h3-4,9,11-12H,2,5-8,10H2,1H3,(H,22,23). The zero-order valence-corrected chi connectivity index (χ0v) is 14.9. The summed E-state index contributed by atoms with van der Waals surface area (Å²) < 4.78 is 5.23. The van der Waals surface area contributed by atoms with E-state index in [0.717, 1.165) is 11.3 Å². The van der Waals surface area contributed by atoms with E-state index < -0.39 is 11.9 Å². The Morgan fingerprint density at radius 2 is 2.28 bits per heavy atom. The number of carbonyl (C=O) groups excluding carboxylic acids is 1. The third kappa shape index (κ3) is 4.25. The average molecular weight is 363 g/mol. The van der Waals surface area contributed by atoms with E-state index in [4.69, 9.17) is 9.63 Å². The molecule has 2 aromatic heterocycles. The largest absolute Gasteiger partial charge is 0.481 e. The van der Waals surface area contributed by atoms with Crippen LogP contribution in [0.2, 0.25) is 0 Å². The predicted octanol–water partition coefficient (Wildman–Crippen LogP) is 2.83. The van der Waals surface area contributed by atoms with Crippen LogP contribution >= 0.6 is 11.3 Å². The van der Waals surface area contributed by atoms with Crippen molar-refractivity contribution in [1.29, 1.82) is 0 Å². The first kappa shape index (κ1) is 17.6. The molecule has 0 saturated carbocycles. The summed E-state index contributed by atoms with van der Waals surface area (Å²) in [5.74, 6) is -0.186. The normalized spacial score (nSPS) is 20.6. The van der Waals surface area contributed by atoms with E-state index >= 15 is 0 Å². The fourth-order valence-corrected chi connectivity index (χ4v) is 3.70. The van der Waals surface area contributed by atoms with Crippen molar-refractivity contribution in [1.82, 2.24) is 15.0 Å². The van der Waals surface area contributed by atoms with Gasteiger partial charge < -0.3 is 14.5 Å². The molecule has 0 radical (unpaired) electrons. The summed E-state index contributed by atoms with van der Waals surface area (Å²) >= 11 is 1.55. The minimum atomic E-state index is -0.823. The SMILES string of the molecule is CC1CCC(C(=O)O)CN1C(=O)CCCc1nc(-c2cccs2)no1. The zero-order chi connectivity index (χ0) is 17.8. The summed E-state index contributed by atoms with van der Waals surface area (Å²) in [6.45, 7) is 2.28. The molecule has 2 atom stereocenters. The minimum Gasteiger partial charge on any atom is -0.481 e. The second kappa shape index (κ2) is 7.77. The van der Waals surface area contributed by atoms with Crippen molar-refractivity contribution in [2.24, 2.45) is 5.92 Å². The van der Waals surface area contributed by atoms with E-state index in [1.54, 1.807) is 16.2 Å². The molecule has 1 N–H and O–H groups in total. The number of carboxylic acid groups (broad SMARTS) is 1. The number of hydrogen-bond donors (Lipinski definition) is 1. The lowest BCUT2D eigenvalue weighted by Gasteiger charge is -2.36. The Labute approximate surface area is 149 Å². The fraction of sp³-hybridized carbons (Fsp3) is 0.529. The van der Waals surface area contributed by atoms with Crippen molar-refractivity contribution in [2.45, 2.75) is 45.1 Å². The number of aliphatic carboxylic acids is 1. The van der Waals surface area contributed by atoms with Crippen LogP contribution in [0.3, 0.4) is 0 Å². The van der Waals surface area contributed by atoms with Crippen molar-refractivity contribution < 1.29 is 19.2 Å². The molecule has 1 aliphatic heterocycles. The van der Waals surface area contributed by atoms with E-state index in [-0.39, 0.29) is 11.9 Å². The van der Waals surface area contributed by atoms with Gasteiger partial charge >= 0.3 is 5.97 Å². The Hall–Kier alpha value is -2.22. The maximum Gasteiger partial charge on any atom is 0.308 e. The second-order valence-corrected chi connectivity index (χ2v) is 7.30. The summed E-state index contributed by atoms with van der Waals surface area (Å²) in [6.07, 6.45) is 2.86. The van der Waals surface area contributed by atoms with Gasteiger partial charge in [-0.15, -0.1) is 11.3 Å². The van der Waals surface area contributed by atoms with Gasteiger partial charge in [0.25, 0.3) is 0 Å². The highest BCUT2D eigenvalue weighted by Crippen LogP contribution is 2.24. The van der Waals surface area contributed by atoms with Gasteiger partial charge in [0.2, 0.25) is 17.6 Å². The van der Waals surface area contributed by atoms with Gasteiger partial charge in [0.15, 0.2) is 0 Å². The lowest BCUT2D eigenvalue weighted by Crippen LogP contribution is -2.47. The fourth-order valence-electron chi connectivity index (χ4n) is 3.05. The van der Waals surface area contributed by atoms with Crippen molar-refractivity contribution in [2.75, 3.05) is 6.54 Å². The maximum atomic E-state index is 12.4. The lowest BCUT2D eigenvalue weighted by molar-refractivity contribution is -0.147. The first-order valence-corrected chi connectivity index (χ1v) is 9.31. The van der Waals surface area contributed by atoms with E-state index in [9.17, 15) is 9.59 Å². The van der Waals surface area contributed by atoms with Crippen LogP contribution < -0.4 is 0 Å². The zero-order valence-electron chi connectivity index (χ0n) is 14.1. The highest BCUT2D eigenvalue weighted by atomic mass is 32.1. The van der Waals surface area contributed by atoms with Crippen molar-refractivity contribution in [3.05, 3.63) is 23.4 Å². The van der Waals surface area contributed by atoms with Crippen LogP contribution in [-0.2, 0) is 16.0 Å². The number of piperidine rings is 1. The van der Waals surface area contributed by atoms with Crippen molar-refractivity contribution in [3.63, 3.8) is 0 Å². The van der Waals surface area contributed by atoms with Crippen LogP contribution in [0.5, 0.6) is 0 Å². The lowest BCUT2D eigenvalue weighted by atomic mass is 9.93. The number of hydrogen-bond acceptors (Lipinski definition) is 6. The second-order valence-electron chi connectivity index (χ2n) is 6.35. The number of thiophene rings is 1. The average Bonchev–Trinajstić information content (AvgIpc) is 3.26. The summed E-state index contributed by atoms with van der Waals surface area (Å²) in [5, 5.41) is 15.1. The highest BCUT2D eigenvalue weighted by Gasteiger charge is 2.32.